The van der Waals surface area contributed by atoms with Crippen molar-refractivity contribution in [1.29, 1.82) is 0 Å². The smallest absolute Gasteiger partial charge is 0.308 e. The molecule has 0 radical (unpaired) electrons. The standard InChI is InChI=1S/C12H17N3O3/c1-2-18-11-6-10(7-13-14-11)15-5-3-4-9(8-15)12(16)17/h6-7,9H,2-5,8H2,1H3,(H,16,17)/t9-/m0/s1. The molecule has 1 aliphatic rings. The van der Waals surface area contributed by atoms with Gasteiger partial charge in [-0.15, -0.1) is 5.10 Å². The summed E-state index contributed by atoms with van der Waals surface area (Å²) in [6, 6.07) is 1.81. The van der Waals surface area contributed by atoms with Gasteiger partial charge in [0.15, 0.2) is 0 Å². The summed E-state index contributed by atoms with van der Waals surface area (Å²) in [6.07, 6.45) is 3.26. The van der Waals surface area contributed by atoms with E-state index in [1.807, 2.05) is 11.8 Å². The summed E-state index contributed by atoms with van der Waals surface area (Å²) < 4.78 is 5.30. The first-order chi connectivity index (χ1) is 8.70. The lowest BCUT2D eigenvalue weighted by Gasteiger charge is -2.32. The van der Waals surface area contributed by atoms with Gasteiger partial charge in [0.25, 0.3) is 0 Å². The molecule has 0 unspecified atom stereocenters. The normalized spacial score (nSPS) is 19.6. The van der Waals surface area contributed by atoms with Gasteiger partial charge < -0.3 is 14.7 Å². The SMILES string of the molecule is CCOc1cc(N2CCC[C@H](C(=O)O)C2)cnn1. The number of ether oxygens (including phenoxy) is 1. The van der Waals surface area contributed by atoms with Crippen molar-refractivity contribution in [2.24, 2.45) is 5.92 Å². The van der Waals surface area contributed by atoms with Crippen molar-refractivity contribution in [3.8, 4) is 5.88 Å². The monoisotopic (exact) mass is 251 g/mol. The Hall–Kier alpha value is -1.85. The van der Waals surface area contributed by atoms with Gasteiger partial charge in [-0.1, -0.05) is 0 Å². The summed E-state index contributed by atoms with van der Waals surface area (Å²) in [5, 5.41) is 16.8. The molecule has 0 aliphatic carbocycles. The van der Waals surface area contributed by atoms with Gasteiger partial charge in [0.05, 0.1) is 24.4 Å². The van der Waals surface area contributed by atoms with Crippen molar-refractivity contribution < 1.29 is 14.6 Å². The molecule has 1 N–H and O–H groups in total. The van der Waals surface area contributed by atoms with Gasteiger partial charge in [-0.3, -0.25) is 4.79 Å². The number of hydrogen-bond donors (Lipinski definition) is 1. The zero-order chi connectivity index (χ0) is 13.0. The molecule has 1 aliphatic heterocycles. The predicted molar refractivity (Wildman–Crippen MR) is 65.8 cm³/mol. The van der Waals surface area contributed by atoms with Gasteiger partial charge in [0.2, 0.25) is 5.88 Å². The van der Waals surface area contributed by atoms with Gasteiger partial charge >= 0.3 is 5.97 Å². The summed E-state index contributed by atoms with van der Waals surface area (Å²) in [5.74, 6) is -0.554. The van der Waals surface area contributed by atoms with E-state index in [0.717, 1.165) is 25.1 Å². The number of piperidine rings is 1. The van der Waals surface area contributed by atoms with Crippen LogP contribution < -0.4 is 9.64 Å². The molecule has 18 heavy (non-hydrogen) atoms. The third-order valence-corrected chi connectivity index (χ3v) is 3.05. The van der Waals surface area contributed by atoms with Crippen molar-refractivity contribution >= 4 is 11.7 Å². The first-order valence-electron chi connectivity index (χ1n) is 6.14. The Kier molecular flexibility index (Phi) is 3.96. The first-order valence-corrected chi connectivity index (χ1v) is 6.14. The molecule has 98 valence electrons. The highest BCUT2D eigenvalue weighted by molar-refractivity contribution is 5.71. The molecular weight excluding hydrogens is 234 g/mol. The molecule has 1 aromatic rings. The van der Waals surface area contributed by atoms with Crippen LogP contribution in [0, 0.1) is 5.92 Å². The number of hydrogen-bond acceptors (Lipinski definition) is 5. The molecule has 1 aromatic heterocycles. The molecule has 1 atom stereocenters. The summed E-state index contributed by atoms with van der Waals surface area (Å²) in [4.78, 5) is 13.0. The third-order valence-electron chi connectivity index (χ3n) is 3.05. The second kappa shape index (κ2) is 5.66. The Labute approximate surface area is 106 Å². The Morgan fingerprint density at radius 3 is 3.22 bits per heavy atom. The number of anilines is 1. The molecule has 2 rings (SSSR count). The van der Waals surface area contributed by atoms with Gasteiger partial charge in [0, 0.05) is 19.2 Å². The zero-order valence-electron chi connectivity index (χ0n) is 10.4. The van der Waals surface area contributed by atoms with Crippen LogP contribution in [0.25, 0.3) is 0 Å². The molecule has 6 heteroatoms. The number of nitrogens with zero attached hydrogens (tertiary/aromatic N) is 3. The zero-order valence-corrected chi connectivity index (χ0v) is 10.4. The van der Waals surface area contributed by atoms with E-state index < -0.39 is 5.97 Å². The Balaban J connectivity index is 2.10. The summed E-state index contributed by atoms with van der Waals surface area (Å²) in [6.45, 7) is 3.79. The minimum absolute atomic E-state index is 0.303. The molecule has 0 bridgehead atoms. The topological polar surface area (TPSA) is 75.5 Å². The van der Waals surface area contributed by atoms with Crippen molar-refractivity contribution in [2.75, 3.05) is 24.6 Å². The molecular formula is C12H17N3O3. The molecule has 0 amide bonds. The van der Waals surface area contributed by atoms with Gasteiger partial charge in [-0.2, -0.15) is 5.10 Å². The lowest BCUT2D eigenvalue weighted by Crippen LogP contribution is -2.38. The van der Waals surface area contributed by atoms with Crippen LogP contribution in [0.2, 0.25) is 0 Å². The summed E-state index contributed by atoms with van der Waals surface area (Å²) in [5.41, 5.74) is 0.874. The maximum Gasteiger partial charge on any atom is 0.308 e. The quantitative estimate of drug-likeness (QED) is 0.866. The Bertz CT molecular complexity index is 425. The largest absolute Gasteiger partial charge is 0.481 e. The van der Waals surface area contributed by atoms with Crippen LogP contribution >= 0.6 is 0 Å². The van der Waals surface area contributed by atoms with Crippen molar-refractivity contribution in [1.82, 2.24) is 10.2 Å². The lowest BCUT2D eigenvalue weighted by molar-refractivity contribution is -0.141. The first kappa shape index (κ1) is 12.6. The van der Waals surface area contributed by atoms with Crippen LogP contribution in [0.3, 0.4) is 0 Å². The van der Waals surface area contributed by atoms with Crippen LogP contribution in [0.4, 0.5) is 5.69 Å². The van der Waals surface area contributed by atoms with E-state index in [4.69, 9.17) is 9.84 Å². The summed E-state index contributed by atoms with van der Waals surface area (Å²) in [7, 11) is 0. The van der Waals surface area contributed by atoms with Crippen LogP contribution in [0.15, 0.2) is 12.3 Å². The minimum atomic E-state index is -0.730. The third kappa shape index (κ3) is 2.88. The highest BCUT2D eigenvalue weighted by atomic mass is 16.5. The summed E-state index contributed by atoms with van der Waals surface area (Å²) >= 11 is 0. The van der Waals surface area contributed by atoms with E-state index in [9.17, 15) is 4.79 Å². The predicted octanol–water partition coefficient (Wildman–Crippen LogP) is 1.18. The average molecular weight is 251 g/mol. The van der Waals surface area contributed by atoms with Crippen LogP contribution in [0.1, 0.15) is 19.8 Å². The van der Waals surface area contributed by atoms with E-state index in [1.54, 1.807) is 12.3 Å². The van der Waals surface area contributed by atoms with Crippen LogP contribution in [-0.2, 0) is 4.79 Å². The minimum Gasteiger partial charge on any atom is -0.481 e. The fourth-order valence-electron chi connectivity index (χ4n) is 2.14. The van der Waals surface area contributed by atoms with Crippen LogP contribution in [0.5, 0.6) is 5.88 Å². The second-order valence-corrected chi connectivity index (χ2v) is 4.31. The Morgan fingerprint density at radius 2 is 2.50 bits per heavy atom. The molecule has 6 nitrogen and oxygen atoms in total. The highest BCUT2D eigenvalue weighted by Crippen LogP contribution is 2.24. The molecule has 0 aromatic carbocycles. The second-order valence-electron chi connectivity index (χ2n) is 4.31. The van der Waals surface area contributed by atoms with E-state index in [2.05, 4.69) is 10.2 Å². The number of carbonyl (C=O) groups is 1. The number of carboxylic acid groups (broad SMARTS) is 1. The average Bonchev–Trinajstić information content (AvgIpc) is 2.39. The molecule has 0 saturated carbocycles. The molecule has 0 spiro atoms. The number of rotatable bonds is 4. The number of aliphatic carboxylic acids is 1. The van der Waals surface area contributed by atoms with Crippen molar-refractivity contribution in [3.05, 3.63) is 12.3 Å². The maximum atomic E-state index is 11.0. The van der Waals surface area contributed by atoms with E-state index in [0.29, 0.717) is 19.0 Å². The van der Waals surface area contributed by atoms with Crippen molar-refractivity contribution in [3.63, 3.8) is 0 Å². The van der Waals surface area contributed by atoms with E-state index in [-0.39, 0.29) is 5.92 Å². The number of aromatic nitrogens is 2. The lowest BCUT2D eigenvalue weighted by atomic mass is 9.98. The fraction of sp³-hybridized carbons (Fsp3) is 0.583. The maximum absolute atomic E-state index is 11.0. The molecule has 1 fully saturated rings. The van der Waals surface area contributed by atoms with E-state index >= 15 is 0 Å². The van der Waals surface area contributed by atoms with Gasteiger partial charge in [-0.25, -0.2) is 0 Å². The fourth-order valence-corrected chi connectivity index (χ4v) is 2.14. The molecule has 1 saturated heterocycles. The van der Waals surface area contributed by atoms with Crippen molar-refractivity contribution in [2.45, 2.75) is 19.8 Å². The van der Waals surface area contributed by atoms with E-state index in [1.165, 1.54) is 0 Å². The van der Waals surface area contributed by atoms with Crippen LogP contribution in [-0.4, -0.2) is 41.0 Å². The van der Waals surface area contributed by atoms with Gasteiger partial charge in [-0.05, 0) is 19.8 Å². The highest BCUT2D eigenvalue weighted by Gasteiger charge is 2.25. The van der Waals surface area contributed by atoms with Gasteiger partial charge in [0.1, 0.15) is 0 Å². The molecule has 2 heterocycles. The Morgan fingerprint density at radius 1 is 1.67 bits per heavy atom. The number of carboxylic acids is 1.